The summed E-state index contributed by atoms with van der Waals surface area (Å²) < 4.78 is 19.8. The molecular formula is C12H13FINO2. The summed E-state index contributed by atoms with van der Waals surface area (Å²) in [5.74, 6) is -0.713. The molecule has 1 atom stereocenters. The lowest BCUT2D eigenvalue weighted by atomic mass is 10.1. The van der Waals surface area contributed by atoms with Crippen LogP contribution in [0.15, 0.2) is 18.2 Å². The predicted octanol–water partition coefficient (Wildman–Crippen LogP) is 2.29. The molecule has 1 heterocycles. The monoisotopic (exact) mass is 349 g/mol. The van der Waals surface area contributed by atoms with Crippen LogP contribution in [0.3, 0.4) is 0 Å². The van der Waals surface area contributed by atoms with Gasteiger partial charge in [0.2, 0.25) is 0 Å². The largest absolute Gasteiger partial charge is 0.375 e. The molecule has 1 aliphatic heterocycles. The Morgan fingerprint density at radius 1 is 1.59 bits per heavy atom. The van der Waals surface area contributed by atoms with Crippen molar-refractivity contribution in [3.8, 4) is 0 Å². The van der Waals surface area contributed by atoms with E-state index in [4.69, 9.17) is 4.74 Å². The topological polar surface area (TPSA) is 29.5 Å². The lowest BCUT2D eigenvalue weighted by molar-refractivity contribution is -0.0125. The molecule has 0 aliphatic carbocycles. The molecule has 0 spiro atoms. The van der Waals surface area contributed by atoms with E-state index in [1.165, 1.54) is 6.07 Å². The van der Waals surface area contributed by atoms with Gasteiger partial charge >= 0.3 is 0 Å². The molecule has 0 unspecified atom stereocenters. The molecule has 1 amide bonds. The number of ether oxygens (including phenoxy) is 1. The highest BCUT2D eigenvalue weighted by atomic mass is 127. The second-order valence-corrected chi connectivity index (χ2v) is 5.30. The third-order valence-corrected chi connectivity index (χ3v) is 3.36. The molecule has 0 bridgehead atoms. The second-order valence-electron chi connectivity index (χ2n) is 4.06. The van der Waals surface area contributed by atoms with Crippen LogP contribution in [0.25, 0.3) is 0 Å². The van der Waals surface area contributed by atoms with Gasteiger partial charge in [0, 0.05) is 16.7 Å². The molecule has 17 heavy (non-hydrogen) atoms. The van der Waals surface area contributed by atoms with Crippen molar-refractivity contribution in [2.45, 2.75) is 13.0 Å². The van der Waals surface area contributed by atoms with E-state index in [2.05, 4.69) is 0 Å². The van der Waals surface area contributed by atoms with Gasteiger partial charge in [0.1, 0.15) is 5.82 Å². The number of carbonyl (C=O) groups excluding carboxylic acids is 1. The molecule has 2 rings (SSSR count). The molecule has 3 nitrogen and oxygen atoms in total. The third-order valence-electron chi connectivity index (χ3n) is 2.69. The second kappa shape index (κ2) is 5.30. The number of benzene rings is 1. The lowest BCUT2D eigenvalue weighted by Gasteiger charge is -2.31. The summed E-state index contributed by atoms with van der Waals surface area (Å²) >= 11 is 2.02. The van der Waals surface area contributed by atoms with Crippen LogP contribution >= 0.6 is 22.6 Å². The van der Waals surface area contributed by atoms with Gasteiger partial charge in [-0.1, -0.05) is 0 Å². The number of amides is 1. The first-order chi connectivity index (χ1) is 8.08. The van der Waals surface area contributed by atoms with Crippen LogP contribution in [0.1, 0.15) is 17.3 Å². The van der Waals surface area contributed by atoms with E-state index in [-0.39, 0.29) is 17.6 Å². The first-order valence-corrected chi connectivity index (χ1v) is 6.51. The number of morpholine rings is 1. The van der Waals surface area contributed by atoms with Gasteiger partial charge < -0.3 is 9.64 Å². The van der Waals surface area contributed by atoms with E-state index in [0.29, 0.717) is 19.7 Å². The van der Waals surface area contributed by atoms with Crippen LogP contribution in [-0.2, 0) is 4.74 Å². The van der Waals surface area contributed by atoms with Crippen molar-refractivity contribution in [3.63, 3.8) is 0 Å². The summed E-state index contributed by atoms with van der Waals surface area (Å²) in [7, 11) is 0. The fraction of sp³-hybridized carbons (Fsp3) is 0.417. The zero-order valence-electron chi connectivity index (χ0n) is 9.45. The zero-order chi connectivity index (χ0) is 12.4. The van der Waals surface area contributed by atoms with E-state index >= 15 is 0 Å². The number of halogens is 2. The first kappa shape index (κ1) is 12.8. The third kappa shape index (κ3) is 2.95. The van der Waals surface area contributed by atoms with Crippen molar-refractivity contribution < 1.29 is 13.9 Å². The van der Waals surface area contributed by atoms with Gasteiger partial charge in [-0.05, 0) is 47.7 Å². The highest BCUT2D eigenvalue weighted by Crippen LogP contribution is 2.16. The van der Waals surface area contributed by atoms with E-state index in [0.717, 1.165) is 3.57 Å². The van der Waals surface area contributed by atoms with Gasteiger partial charge in [-0.3, -0.25) is 4.79 Å². The van der Waals surface area contributed by atoms with Crippen molar-refractivity contribution in [3.05, 3.63) is 33.1 Å². The number of hydrogen-bond donors (Lipinski definition) is 0. The van der Waals surface area contributed by atoms with Crippen molar-refractivity contribution >= 4 is 28.5 Å². The molecule has 5 heteroatoms. The highest BCUT2D eigenvalue weighted by molar-refractivity contribution is 14.1. The average Bonchev–Trinajstić information content (AvgIpc) is 2.28. The van der Waals surface area contributed by atoms with Crippen LogP contribution in [0.5, 0.6) is 0 Å². The fourth-order valence-corrected chi connectivity index (χ4v) is 2.29. The number of rotatable bonds is 1. The molecule has 1 aromatic carbocycles. The fourth-order valence-electron chi connectivity index (χ4n) is 1.84. The Hall–Kier alpha value is -0.690. The molecule has 1 saturated heterocycles. The molecule has 0 aromatic heterocycles. The minimum Gasteiger partial charge on any atom is -0.375 e. The molecule has 92 valence electrons. The maximum atomic E-state index is 13.7. The summed E-state index contributed by atoms with van der Waals surface area (Å²) in [5, 5.41) is 0. The predicted molar refractivity (Wildman–Crippen MR) is 70.4 cm³/mol. The van der Waals surface area contributed by atoms with Gasteiger partial charge in [-0.2, -0.15) is 0 Å². The summed E-state index contributed by atoms with van der Waals surface area (Å²) in [6.07, 6.45) is 0.0135. The van der Waals surface area contributed by atoms with E-state index in [1.54, 1.807) is 17.0 Å². The SMILES string of the molecule is C[C@H]1CN(C(=O)c2ccc(I)cc2F)CCO1. The molecule has 1 aliphatic rings. The summed E-state index contributed by atoms with van der Waals surface area (Å²) in [4.78, 5) is 13.7. The Morgan fingerprint density at radius 2 is 2.35 bits per heavy atom. The van der Waals surface area contributed by atoms with E-state index in [9.17, 15) is 9.18 Å². The van der Waals surface area contributed by atoms with Crippen LogP contribution in [0.2, 0.25) is 0 Å². The van der Waals surface area contributed by atoms with Gasteiger partial charge in [0.15, 0.2) is 0 Å². The summed E-state index contributed by atoms with van der Waals surface area (Å²) in [6, 6.07) is 4.65. The molecule has 0 saturated carbocycles. The Bertz CT molecular complexity index is 439. The Kier molecular flexibility index (Phi) is 3.98. The molecule has 0 radical (unpaired) electrons. The van der Waals surface area contributed by atoms with E-state index in [1.807, 2.05) is 29.5 Å². The summed E-state index contributed by atoms with van der Waals surface area (Å²) in [6.45, 7) is 3.46. The number of hydrogen-bond acceptors (Lipinski definition) is 2. The van der Waals surface area contributed by atoms with Crippen LogP contribution in [-0.4, -0.2) is 36.6 Å². The van der Waals surface area contributed by atoms with Crippen molar-refractivity contribution in [1.29, 1.82) is 0 Å². The molecular weight excluding hydrogens is 336 g/mol. The van der Waals surface area contributed by atoms with Gasteiger partial charge in [-0.25, -0.2) is 4.39 Å². The Balaban J connectivity index is 2.18. The Morgan fingerprint density at radius 3 is 3.00 bits per heavy atom. The molecule has 1 fully saturated rings. The number of carbonyl (C=O) groups is 1. The van der Waals surface area contributed by atoms with Crippen LogP contribution in [0, 0.1) is 9.39 Å². The van der Waals surface area contributed by atoms with Gasteiger partial charge in [0.25, 0.3) is 5.91 Å². The summed E-state index contributed by atoms with van der Waals surface area (Å²) in [5.41, 5.74) is 0.138. The quantitative estimate of drug-likeness (QED) is 0.729. The van der Waals surface area contributed by atoms with Crippen LogP contribution in [0.4, 0.5) is 4.39 Å². The van der Waals surface area contributed by atoms with Crippen molar-refractivity contribution in [2.24, 2.45) is 0 Å². The Labute approximate surface area is 113 Å². The minimum absolute atomic E-state index is 0.0135. The molecule has 0 N–H and O–H groups in total. The maximum Gasteiger partial charge on any atom is 0.256 e. The number of nitrogens with zero attached hydrogens (tertiary/aromatic N) is 1. The lowest BCUT2D eigenvalue weighted by Crippen LogP contribution is -2.44. The van der Waals surface area contributed by atoms with Crippen molar-refractivity contribution in [2.75, 3.05) is 19.7 Å². The van der Waals surface area contributed by atoms with Gasteiger partial charge in [-0.15, -0.1) is 0 Å². The van der Waals surface area contributed by atoms with E-state index < -0.39 is 5.82 Å². The van der Waals surface area contributed by atoms with Crippen molar-refractivity contribution in [1.82, 2.24) is 4.90 Å². The molecule has 1 aromatic rings. The van der Waals surface area contributed by atoms with Crippen LogP contribution < -0.4 is 0 Å². The zero-order valence-corrected chi connectivity index (χ0v) is 11.6. The standard InChI is InChI=1S/C12H13FINO2/c1-8-7-15(4-5-17-8)12(16)10-3-2-9(14)6-11(10)13/h2-3,6,8H,4-5,7H2,1H3/t8-/m0/s1. The smallest absolute Gasteiger partial charge is 0.256 e. The highest BCUT2D eigenvalue weighted by Gasteiger charge is 2.24. The normalized spacial score (nSPS) is 20.4. The minimum atomic E-state index is -0.457. The maximum absolute atomic E-state index is 13.7. The first-order valence-electron chi connectivity index (χ1n) is 5.44. The average molecular weight is 349 g/mol. The van der Waals surface area contributed by atoms with Gasteiger partial charge in [0.05, 0.1) is 18.3 Å².